The van der Waals surface area contributed by atoms with Crippen molar-refractivity contribution in [2.75, 3.05) is 10.6 Å². The van der Waals surface area contributed by atoms with Gasteiger partial charge in [0.1, 0.15) is 5.82 Å². The van der Waals surface area contributed by atoms with Crippen LogP contribution < -0.4 is 22.1 Å². The highest BCUT2D eigenvalue weighted by molar-refractivity contribution is 5.99. The number of halogens is 1. The van der Waals surface area contributed by atoms with Gasteiger partial charge in [0.25, 0.3) is 5.91 Å². The molecule has 6 N–H and O–H groups in total. The van der Waals surface area contributed by atoms with Crippen LogP contribution in [0.25, 0.3) is 10.9 Å². The van der Waals surface area contributed by atoms with E-state index in [9.17, 15) is 9.18 Å². The molecule has 30 heavy (non-hydrogen) atoms. The highest BCUT2D eigenvalue weighted by atomic mass is 19.1. The molecule has 8 nitrogen and oxygen atoms in total. The Morgan fingerprint density at radius 1 is 1.33 bits per heavy atom. The number of anilines is 3. The number of nitrogens with one attached hydrogen (secondary N) is 2. The van der Waals surface area contributed by atoms with Gasteiger partial charge in [-0.3, -0.25) is 9.48 Å². The molecule has 9 heteroatoms. The molecule has 2 aromatic heterocycles. The van der Waals surface area contributed by atoms with Gasteiger partial charge in [0.05, 0.1) is 17.3 Å². The first-order valence-electron chi connectivity index (χ1n) is 10.1. The zero-order valence-corrected chi connectivity index (χ0v) is 17.0. The quantitative estimate of drug-likeness (QED) is 0.452. The fourth-order valence-electron chi connectivity index (χ4n) is 3.70. The molecule has 0 unspecified atom stereocenters. The number of hydrogen-bond acceptors (Lipinski definition) is 6. The van der Waals surface area contributed by atoms with Crippen molar-refractivity contribution in [1.29, 1.82) is 0 Å². The average molecular weight is 411 g/mol. The largest absolute Gasteiger partial charge is 0.365 e. The SMILES string of the molecule is CCn1ncc2ccc(Nc3nc(N[C@H](C4CC4)[C@H](C)N)c(F)cc3C(N)=O)cc21. The lowest BCUT2D eigenvalue weighted by Crippen LogP contribution is -2.40. The van der Waals surface area contributed by atoms with E-state index in [-0.39, 0.29) is 29.3 Å². The van der Waals surface area contributed by atoms with Crippen molar-refractivity contribution in [3.05, 3.63) is 41.8 Å². The molecule has 1 amide bonds. The van der Waals surface area contributed by atoms with Gasteiger partial charge >= 0.3 is 0 Å². The molecular formula is C21H26FN7O. The minimum Gasteiger partial charge on any atom is -0.365 e. The summed E-state index contributed by atoms with van der Waals surface area (Å²) >= 11 is 0. The molecule has 0 radical (unpaired) electrons. The van der Waals surface area contributed by atoms with Gasteiger partial charge in [-0.2, -0.15) is 5.10 Å². The molecule has 158 valence electrons. The Morgan fingerprint density at radius 3 is 2.73 bits per heavy atom. The topological polar surface area (TPSA) is 124 Å². The summed E-state index contributed by atoms with van der Waals surface area (Å²) in [4.78, 5) is 16.3. The maximum Gasteiger partial charge on any atom is 0.252 e. The van der Waals surface area contributed by atoms with Crippen LogP contribution in [0.3, 0.4) is 0 Å². The average Bonchev–Trinajstić information content (AvgIpc) is 3.46. The monoisotopic (exact) mass is 411 g/mol. The summed E-state index contributed by atoms with van der Waals surface area (Å²) in [6.45, 7) is 4.62. The second-order valence-electron chi connectivity index (χ2n) is 7.80. The van der Waals surface area contributed by atoms with Crippen molar-refractivity contribution in [2.24, 2.45) is 17.4 Å². The van der Waals surface area contributed by atoms with E-state index >= 15 is 0 Å². The van der Waals surface area contributed by atoms with Crippen LogP contribution >= 0.6 is 0 Å². The van der Waals surface area contributed by atoms with Crippen LogP contribution in [0.2, 0.25) is 0 Å². The third kappa shape index (κ3) is 3.93. The van der Waals surface area contributed by atoms with Crippen LogP contribution in [0.5, 0.6) is 0 Å². The second kappa shape index (κ2) is 7.91. The maximum absolute atomic E-state index is 14.7. The predicted molar refractivity (Wildman–Crippen MR) is 115 cm³/mol. The van der Waals surface area contributed by atoms with E-state index in [4.69, 9.17) is 11.5 Å². The van der Waals surface area contributed by atoms with Crippen LogP contribution in [0, 0.1) is 11.7 Å². The van der Waals surface area contributed by atoms with Gasteiger partial charge in [0, 0.05) is 29.7 Å². The van der Waals surface area contributed by atoms with Gasteiger partial charge in [-0.1, -0.05) is 0 Å². The molecule has 1 aromatic carbocycles. The lowest BCUT2D eigenvalue weighted by atomic mass is 10.1. The summed E-state index contributed by atoms with van der Waals surface area (Å²) in [5, 5.41) is 11.6. The molecule has 0 bridgehead atoms. The zero-order valence-electron chi connectivity index (χ0n) is 17.0. The second-order valence-corrected chi connectivity index (χ2v) is 7.80. The molecule has 0 aliphatic heterocycles. The lowest BCUT2D eigenvalue weighted by Gasteiger charge is -2.23. The van der Waals surface area contributed by atoms with E-state index in [1.807, 2.05) is 36.7 Å². The Kier molecular flexibility index (Phi) is 5.29. The van der Waals surface area contributed by atoms with Gasteiger partial charge in [-0.15, -0.1) is 0 Å². The molecule has 0 saturated heterocycles. The van der Waals surface area contributed by atoms with Crippen molar-refractivity contribution in [3.63, 3.8) is 0 Å². The predicted octanol–water partition coefficient (Wildman–Crippen LogP) is 2.97. The molecule has 2 heterocycles. The van der Waals surface area contributed by atoms with E-state index in [0.717, 1.165) is 36.4 Å². The number of carbonyl (C=O) groups is 1. The third-order valence-corrected chi connectivity index (χ3v) is 5.45. The van der Waals surface area contributed by atoms with Crippen LogP contribution in [0.1, 0.15) is 37.0 Å². The number of fused-ring (bicyclic) bond motifs is 1. The number of pyridine rings is 1. The molecular weight excluding hydrogens is 385 g/mol. The Morgan fingerprint density at radius 2 is 2.10 bits per heavy atom. The minimum atomic E-state index is -0.763. The molecule has 1 saturated carbocycles. The van der Waals surface area contributed by atoms with E-state index in [2.05, 4.69) is 20.7 Å². The smallest absolute Gasteiger partial charge is 0.252 e. The third-order valence-electron chi connectivity index (χ3n) is 5.45. The van der Waals surface area contributed by atoms with Crippen LogP contribution in [0.15, 0.2) is 30.5 Å². The molecule has 1 aliphatic carbocycles. The number of benzene rings is 1. The highest BCUT2D eigenvalue weighted by Crippen LogP contribution is 2.36. The van der Waals surface area contributed by atoms with Gasteiger partial charge < -0.3 is 22.1 Å². The Bertz CT molecular complexity index is 1090. The van der Waals surface area contributed by atoms with Gasteiger partial charge in [0.2, 0.25) is 0 Å². The fraction of sp³-hybridized carbons (Fsp3) is 0.381. The standard InChI is InChI=1S/C21H26FN7O/c1-3-29-17-8-14(7-6-13(17)10-25-29)26-20-15(19(24)30)9-16(22)21(28-20)27-18(11(2)23)12-4-5-12/h6-12,18H,3-5,23H2,1-2H3,(H2,24,30)(H2,26,27,28)/t11-,18-/m0/s1. The summed E-state index contributed by atoms with van der Waals surface area (Å²) < 4.78 is 16.6. The van der Waals surface area contributed by atoms with Gasteiger partial charge in [-0.25, -0.2) is 9.37 Å². The summed E-state index contributed by atoms with van der Waals surface area (Å²) in [5.74, 6) is -0.764. The maximum atomic E-state index is 14.7. The first-order chi connectivity index (χ1) is 14.4. The molecule has 0 spiro atoms. The fourth-order valence-corrected chi connectivity index (χ4v) is 3.70. The van der Waals surface area contributed by atoms with Crippen LogP contribution in [-0.4, -0.2) is 32.8 Å². The van der Waals surface area contributed by atoms with Gasteiger partial charge in [0.15, 0.2) is 11.6 Å². The summed E-state index contributed by atoms with van der Waals surface area (Å²) in [5.41, 5.74) is 13.2. The van der Waals surface area contributed by atoms with Gasteiger partial charge in [-0.05, 0) is 56.9 Å². The number of amides is 1. The van der Waals surface area contributed by atoms with Crippen molar-refractivity contribution in [1.82, 2.24) is 14.8 Å². The van der Waals surface area contributed by atoms with Crippen molar-refractivity contribution in [2.45, 2.75) is 45.3 Å². The number of nitrogens with two attached hydrogens (primary N) is 2. The van der Waals surface area contributed by atoms with E-state index in [1.54, 1.807) is 6.20 Å². The number of rotatable bonds is 8. The summed E-state index contributed by atoms with van der Waals surface area (Å²) in [7, 11) is 0. The van der Waals surface area contributed by atoms with Crippen molar-refractivity contribution >= 4 is 34.1 Å². The molecule has 3 aromatic rings. The van der Waals surface area contributed by atoms with Crippen LogP contribution in [-0.2, 0) is 6.54 Å². The van der Waals surface area contributed by atoms with E-state index in [1.165, 1.54) is 0 Å². The minimum absolute atomic E-state index is 0.0223. The molecule has 1 aliphatic rings. The molecule has 2 atom stereocenters. The number of aromatic nitrogens is 3. The molecule has 1 fully saturated rings. The first-order valence-corrected chi connectivity index (χ1v) is 10.1. The highest BCUT2D eigenvalue weighted by Gasteiger charge is 2.34. The Hall–Kier alpha value is -3.20. The van der Waals surface area contributed by atoms with Crippen molar-refractivity contribution in [3.8, 4) is 0 Å². The van der Waals surface area contributed by atoms with E-state index < -0.39 is 11.7 Å². The Balaban J connectivity index is 1.69. The Labute approximate surface area is 173 Å². The number of nitrogens with zero attached hydrogens (tertiary/aromatic N) is 3. The molecule has 4 rings (SSSR count). The number of aryl methyl sites for hydroxylation is 1. The van der Waals surface area contributed by atoms with E-state index in [0.29, 0.717) is 11.6 Å². The first kappa shape index (κ1) is 20.1. The summed E-state index contributed by atoms with van der Waals surface area (Å²) in [6, 6.07) is 6.53. The number of carbonyl (C=O) groups excluding carboxylic acids is 1. The summed E-state index contributed by atoms with van der Waals surface area (Å²) in [6.07, 6.45) is 3.90. The lowest BCUT2D eigenvalue weighted by molar-refractivity contribution is 0.100. The van der Waals surface area contributed by atoms with Crippen LogP contribution in [0.4, 0.5) is 21.7 Å². The zero-order chi connectivity index (χ0) is 21.4. The number of primary amides is 1. The number of hydrogen-bond donors (Lipinski definition) is 4. The normalized spacial score (nSPS) is 15.7. The van der Waals surface area contributed by atoms with Crippen molar-refractivity contribution < 1.29 is 9.18 Å².